The number of hydrogen-bond donors (Lipinski definition) is 3. The molecule has 32 heavy (non-hydrogen) atoms. The van der Waals surface area contributed by atoms with Crippen molar-refractivity contribution in [2.75, 3.05) is 6.54 Å². The second-order valence-corrected chi connectivity index (χ2v) is 13.4. The van der Waals surface area contributed by atoms with Crippen LogP contribution in [0.15, 0.2) is 11.6 Å². The van der Waals surface area contributed by atoms with Crippen LogP contribution in [0.25, 0.3) is 0 Å². The minimum atomic E-state index is -0.806. The molecule has 3 saturated carbocycles. The average Bonchev–Trinajstić information content (AvgIpc) is 3.10. The molecule has 3 fully saturated rings. The SMILES string of the molecule is CC(C)CCC[C@@H](C)[C@H]1CC[C@H]2[C@@H]3CC=C4CC(O)(C(N)CN)CC[C@]4(C)[C@H]3CC[C@]12C. The van der Waals surface area contributed by atoms with Gasteiger partial charge >= 0.3 is 0 Å². The number of fused-ring (bicyclic) bond motifs is 5. The van der Waals surface area contributed by atoms with Gasteiger partial charge in [0.25, 0.3) is 0 Å². The van der Waals surface area contributed by atoms with E-state index in [9.17, 15) is 5.11 Å². The summed E-state index contributed by atoms with van der Waals surface area (Å²) < 4.78 is 0. The summed E-state index contributed by atoms with van der Waals surface area (Å²) in [6.07, 6.45) is 16.3. The molecule has 0 bridgehead atoms. The Morgan fingerprint density at radius 1 is 1.03 bits per heavy atom. The Kier molecular flexibility index (Phi) is 6.96. The highest BCUT2D eigenvalue weighted by Crippen LogP contribution is 2.67. The van der Waals surface area contributed by atoms with Gasteiger partial charge in [0, 0.05) is 12.6 Å². The van der Waals surface area contributed by atoms with Crippen LogP contribution in [0.3, 0.4) is 0 Å². The summed E-state index contributed by atoms with van der Waals surface area (Å²) in [5, 5.41) is 11.2. The lowest BCUT2D eigenvalue weighted by atomic mass is 9.46. The lowest BCUT2D eigenvalue weighted by molar-refractivity contribution is -0.0802. The molecule has 0 radical (unpaired) electrons. The van der Waals surface area contributed by atoms with Gasteiger partial charge in [-0.3, -0.25) is 0 Å². The zero-order valence-electron chi connectivity index (χ0n) is 21.7. The van der Waals surface area contributed by atoms with Crippen molar-refractivity contribution in [3.63, 3.8) is 0 Å². The minimum Gasteiger partial charge on any atom is -0.388 e. The van der Waals surface area contributed by atoms with Gasteiger partial charge in [-0.25, -0.2) is 0 Å². The van der Waals surface area contributed by atoms with Crippen molar-refractivity contribution in [2.45, 2.75) is 117 Å². The van der Waals surface area contributed by atoms with E-state index >= 15 is 0 Å². The molecular formula is C29H52N2O. The first kappa shape index (κ1) is 24.7. The zero-order valence-corrected chi connectivity index (χ0v) is 21.7. The van der Waals surface area contributed by atoms with E-state index in [4.69, 9.17) is 11.5 Å². The normalized spacial score (nSPS) is 45.6. The summed E-state index contributed by atoms with van der Waals surface area (Å²) in [5.74, 6) is 5.13. The van der Waals surface area contributed by atoms with Crippen LogP contribution >= 0.6 is 0 Å². The van der Waals surface area contributed by atoms with Gasteiger partial charge in [-0.2, -0.15) is 0 Å². The quantitative estimate of drug-likeness (QED) is 0.419. The number of allylic oxidation sites excluding steroid dienone is 1. The van der Waals surface area contributed by atoms with E-state index in [-0.39, 0.29) is 11.5 Å². The third kappa shape index (κ3) is 4.03. The Labute approximate surface area is 198 Å². The molecule has 0 spiro atoms. The molecule has 9 atom stereocenters. The number of nitrogens with two attached hydrogens (primary N) is 2. The van der Waals surface area contributed by atoms with E-state index in [0.29, 0.717) is 12.0 Å². The molecule has 0 amide bonds. The molecular weight excluding hydrogens is 392 g/mol. The fraction of sp³-hybridized carbons (Fsp3) is 0.931. The Morgan fingerprint density at radius 2 is 1.78 bits per heavy atom. The van der Waals surface area contributed by atoms with Crippen LogP contribution in [0.1, 0.15) is 105 Å². The smallest absolute Gasteiger partial charge is 0.0847 e. The molecule has 0 aromatic carbocycles. The van der Waals surface area contributed by atoms with Crippen molar-refractivity contribution in [1.82, 2.24) is 0 Å². The van der Waals surface area contributed by atoms with Gasteiger partial charge in [0.2, 0.25) is 0 Å². The van der Waals surface area contributed by atoms with E-state index in [1.807, 2.05) is 0 Å². The van der Waals surface area contributed by atoms with Crippen molar-refractivity contribution < 1.29 is 5.11 Å². The van der Waals surface area contributed by atoms with Gasteiger partial charge in [-0.05, 0) is 97.7 Å². The van der Waals surface area contributed by atoms with E-state index in [0.717, 1.165) is 54.8 Å². The highest BCUT2D eigenvalue weighted by atomic mass is 16.3. The Balaban J connectivity index is 1.50. The van der Waals surface area contributed by atoms with Gasteiger partial charge in [-0.15, -0.1) is 0 Å². The molecule has 2 unspecified atom stereocenters. The van der Waals surface area contributed by atoms with Crippen LogP contribution in [-0.4, -0.2) is 23.3 Å². The maximum atomic E-state index is 11.2. The molecule has 0 heterocycles. The molecule has 0 aromatic rings. The first-order valence-corrected chi connectivity index (χ1v) is 13.9. The summed E-state index contributed by atoms with van der Waals surface area (Å²) in [4.78, 5) is 0. The van der Waals surface area contributed by atoms with Crippen molar-refractivity contribution in [2.24, 2.45) is 57.8 Å². The zero-order chi connectivity index (χ0) is 23.3. The highest BCUT2D eigenvalue weighted by Gasteiger charge is 2.60. The Hall–Kier alpha value is -0.380. The molecule has 0 saturated heterocycles. The fourth-order valence-electron chi connectivity index (χ4n) is 9.23. The van der Waals surface area contributed by atoms with E-state index < -0.39 is 5.60 Å². The lowest BCUT2D eigenvalue weighted by Gasteiger charge is -2.59. The summed E-state index contributed by atoms with van der Waals surface area (Å²) >= 11 is 0. The molecule has 3 nitrogen and oxygen atoms in total. The average molecular weight is 445 g/mol. The molecule has 0 aliphatic heterocycles. The Bertz CT molecular complexity index is 703. The van der Waals surface area contributed by atoms with Gasteiger partial charge in [-0.1, -0.05) is 65.5 Å². The largest absolute Gasteiger partial charge is 0.388 e. The third-order valence-corrected chi connectivity index (χ3v) is 11.3. The van der Waals surface area contributed by atoms with Crippen LogP contribution in [-0.2, 0) is 0 Å². The summed E-state index contributed by atoms with van der Waals surface area (Å²) in [7, 11) is 0. The first-order chi connectivity index (χ1) is 15.0. The fourth-order valence-corrected chi connectivity index (χ4v) is 9.23. The van der Waals surface area contributed by atoms with Crippen molar-refractivity contribution in [3.05, 3.63) is 11.6 Å². The molecule has 4 aliphatic carbocycles. The van der Waals surface area contributed by atoms with E-state index in [1.165, 1.54) is 56.9 Å². The van der Waals surface area contributed by atoms with E-state index in [2.05, 4.69) is 40.7 Å². The maximum Gasteiger partial charge on any atom is 0.0847 e. The second kappa shape index (κ2) is 9.00. The third-order valence-electron chi connectivity index (χ3n) is 11.3. The number of rotatable bonds is 7. The van der Waals surface area contributed by atoms with E-state index in [1.54, 1.807) is 0 Å². The molecule has 4 aliphatic rings. The molecule has 4 rings (SSSR count). The predicted molar refractivity (Wildman–Crippen MR) is 135 cm³/mol. The molecule has 5 N–H and O–H groups in total. The van der Waals surface area contributed by atoms with Crippen LogP contribution in [0, 0.1) is 46.3 Å². The second-order valence-electron chi connectivity index (χ2n) is 13.4. The number of hydrogen-bond acceptors (Lipinski definition) is 3. The van der Waals surface area contributed by atoms with Gasteiger partial charge in [0.15, 0.2) is 0 Å². The lowest BCUT2D eigenvalue weighted by Crippen LogP contribution is -2.58. The molecule has 184 valence electrons. The summed E-state index contributed by atoms with van der Waals surface area (Å²) in [5.41, 5.74) is 13.6. The molecule has 3 heteroatoms. The van der Waals surface area contributed by atoms with Crippen molar-refractivity contribution in [3.8, 4) is 0 Å². The van der Waals surface area contributed by atoms with Crippen molar-refractivity contribution in [1.29, 1.82) is 0 Å². The Morgan fingerprint density at radius 3 is 2.47 bits per heavy atom. The van der Waals surface area contributed by atoms with Crippen LogP contribution in [0.4, 0.5) is 0 Å². The monoisotopic (exact) mass is 444 g/mol. The number of aliphatic hydroxyl groups is 1. The van der Waals surface area contributed by atoms with Crippen LogP contribution in [0.5, 0.6) is 0 Å². The summed E-state index contributed by atoms with van der Waals surface area (Å²) in [6, 6.07) is -0.312. The van der Waals surface area contributed by atoms with Crippen LogP contribution in [0.2, 0.25) is 0 Å². The van der Waals surface area contributed by atoms with Crippen LogP contribution < -0.4 is 11.5 Å². The van der Waals surface area contributed by atoms with Crippen molar-refractivity contribution >= 4 is 0 Å². The summed E-state index contributed by atoms with van der Waals surface area (Å²) in [6.45, 7) is 12.8. The standard InChI is InChI=1S/C29H52N2O/c1-19(2)7-6-8-20(3)23-11-12-24-22-10-9-21-17-29(32,26(31)18-30)16-15-27(21,4)25(22)13-14-28(23,24)5/h9,19-20,22-26,32H,6-8,10-18,30-31H2,1-5H3/t20-,22+,23-,24+,25+,26?,27+,28-,29?/m1/s1. The van der Waals surface area contributed by atoms with Gasteiger partial charge < -0.3 is 16.6 Å². The predicted octanol–water partition coefficient (Wildman–Crippen LogP) is 6.04. The maximum absolute atomic E-state index is 11.2. The minimum absolute atomic E-state index is 0.256. The molecule has 0 aromatic heterocycles. The highest BCUT2D eigenvalue weighted by molar-refractivity contribution is 5.28. The van der Waals surface area contributed by atoms with Gasteiger partial charge in [0.1, 0.15) is 0 Å². The topological polar surface area (TPSA) is 72.3 Å². The van der Waals surface area contributed by atoms with Gasteiger partial charge in [0.05, 0.1) is 5.60 Å². The first-order valence-electron chi connectivity index (χ1n) is 13.9.